The molecule has 10 heteroatoms. The quantitative estimate of drug-likeness (QED) is 0.469. The Balaban J connectivity index is 0. The van der Waals surface area contributed by atoms with Crippen LogP contribution in [0, 0.1) is 0 Å². The third-order valence-corrected chi connectivity index (χ3v) is 5.62. The molecule has 0 amide bonds. The molecule has 0 saturated carbocycles. The van der Waals surface area contributed by atoms with Gasteiger partial charge in [0.15, 0.2) is 0 Å². The largest absolute Gasteiger partial charge is 0.383 e. The van der Waals surface area contributed by atoms with Crippen LogP contribution >= 0.6 is 0 Å². The second-order valence-corrected chi connectivity index (χ2v) is 8.75. The number of methoxy groups -OCH3 is 2. The van der Waals surface area contributed by atoms with Crippen molar-refractivity contribution in [3.05, 3.63) is 25.3 Å². The highest BCUT2D eigenvalue weighted by Gasteiger charge is 2.20. The maximum atomic E-state index is 10.9. The van der Waals surface area contributed by atoms with Gasteiger partial charge in [-0.3, -0.25) is 0 Å². The summed E-state index contributed by atoms with van der Waals surface area (Å²) in [5.74, 6) is 0. The Bertz CT molecular complexity index is 496. The molecular formula is C14H30N2O6S2. The summed E-state index contributed by atoms with van der Waals surface area (Å²) >= 11 is 0. The molecule has 0 aromatic heterocycles. The van der Waals surface area contributed by atoms with Gasteiger partial charge >= 0.3 is 0 Å². The lowest BCUT2D eigenvalue weighted by Gasteiger charge is -2.11. The van der Waals surface area contributed by atoms with Crippen molar-refractivity contribution in [3.8, 4) is 0 Å². The van der Waals surface area contributed by atoms with E-state index in [4.69, 9.17) is 19.8 Å². The molecule has 8 nitrogen and oxygen atoms in total. The Hall–Kier alpha value is -0.780. The van der Waals surface area contributed by atoms with Crippen LogP contribution in [0.25, 0.3) is 0 Å². The fraction of sp³-hybridized carbons (Fsp3) is 0.714. The van der Waals surface area contributed by atoms with Crippen molar-refractivity contribution in [2.24, 2.45) is 10.3 Å². The van der Waals surface area contributed by atoms with Crippen LogP contribution in [0.3, 0.4) is 0 Å². The van der Waals surface area contributed by atoms with Gasteiger partial charge in [0.2, 0.25) is 20.0 Å². The van der Waals surface area contributed by atoms with E-state index in [0.717, 1.165) is 0 Å². The summed E-state index contributed by atoms with van der Waals surface area (Å²) in [5.41, 5.74) is 0. The van der Waals surface area contributed by atoms with E-state index in [0.29, 0.717) is 25.7 Å². The number of sulfonamides is 2. The lowest BCUT2D eigenvalue weighted by atomic mass is 10.2. The van der Waals surface area contributed by atoms with E-state index in [1.807, 2.05) is 0 Å². The van der Waals surface area contributed by atoms with Gasteiger partial charge in [0, 0.05) is 14.2 Å². The van der Waals surface area contributed by atoms with Gasteiger partial charge in [0.25, 0.3) is 0 Å². The molecule has 0 radical (unpaired) electrons. The van der Waals surface area contributed by atoms with E-state index in [2.05, 4.69) is 13.2 Å². The highest BCUT2D eigenvalue weighted by Crippen LogP contribution is 2.06. The molecule has 0 saturated heterocycles. The number of hydrogen-bond donors (Lipinski definition) is 2. The Kier molecular flexibility index (Phi) is 14.3. The van der Waals surface area contributed by atoms with Crippen LogP contribution in [-0.2, 0) is 29.5 Å². The standard InChI is InChI=1S/2C7H15NO3S/c2*1-3-4-5-7(6-11-2)12(8,9)10/h2*3,7H,1,4-6H2,2H3,(H2,8,9,10)/t2*7-/m10/s1. The Morgan fingerprint density at radius 3 is 1.29 bits per heavy atom. The maximum Gasteiger partial charge on any atom is 0.214 e. The molecule has 0 spiro atoms. The highest BCUT2D eigenvalue weighted by atomic mass is 32.2. The van der Waals surface area contributed by atoms with Gasteiger partial charge in [0.1, 0.15) is 0 Å². The predicted molar refractivity (Wildman–Crippen MR) is 96.4 cm³/mol. The van der Waals surface area contributed by atoms with Crippen LogP contribution in [-0.4, -0.2) is 54.8 Å². The van der Waals surface area contributed by atoms with Gasteiger partial charge < -0.3 is 9.47 Å². The SMILES string of the molecule is C=CCC[C@@H](COC)S(N)(=O)=O.C=CCC[C@H](COC)S(N)(=O)=O. The molecule has 0 aliphatic heterocycles. The fourth-order valence-electron chi connectivity index (χ4n) is 1.66. The van der Waals surface area contributed by atoms with Crippen molar-refractivity contribution in [1.82, 2.24) is 0 Å². The van der Waals surface area contributed by atoms with Crippen LogP contribution in [0.2, 0.25) is 0 Å². The Labute approximate surface area is 146 Å². The molecule has 2 atom stereocenters. The van der Waals surface area contributed by atoms with Crippen molar-refractivity contribution in [3.63, 3.8) is 0 Å². The first-order chi connectivity index (χ1) is 11.0. The van der Waals surface area contributed by atoms with Crippen molar-refractivity contribution in [2.45, 2.75) is 36.2 Å². The van der Waals surface area contributed by atoms with E-state index in [1.54, 1.807) is 12.2 Å². The number of nitrogens with two attached hydrogens (primary N) is 2. The molecule has 0 aliphatic rings. The Morgan fingerprint density at radius 2 is 1.12 bits per heavy atom. The van der Waals surface area contributed by atoms with Crippen molar-refractivity contribution in [2.75, 3.05) is 27.4 Å². The molecule has 0 aliphatic carbocycles. The van der Waals surface area contributed by atoms with E-state index in [9.17, 15) is 16.8 Å². The first-order valence-electron chi connectivity index (χ1n) is 7.27. The number of ether oxygens (including phenoxy) is 2. The topological polar surface area (TPSA) is 139 Å². The van der Waals surface area contributed by atoms with Gasteiger partial charge in [-0.1, -0.05) is 12.2 Å². The minimum Gasteiger partial charge on any atom is -0.383 e. The molecule has 0 unspecified atom stereocenters. The van der Waals surface area contributed by atoms with Crippen molar-refractivity contribution < 1.29 is 26.3 Å². The summed E-state index contributed by atoms with van der Waals surface area (Å²) in [7, 11) is -4.04. The summed E-state index contributed by atoms with van der Waals surface area (Å²) in [6, 6.07) is 0. The van der Waals surface area contributed by atoms with Crippen molar-refractivity contribution >= 4 is 20.0 Å². The maximum absolute atomic E-state index is 10.9. The first kappa shape index (κ1) is 25.5. The van der Waals surface area contributed by atoms with Gasteiger partial charge in [-0.15, -0.1) is 13.2 Å². The number of primary sulfonamides is 2. The molecule has 0 aromatic carbocycles. The Morgan fingerprint density at radius 1 is 0.833 bits per heavy atom. The zero-order valence-electron chi connectivity index (χ0n) is 14.4. The minimum atomic E-state index is -3.47. The lowest BCUT2D eigenvalue weighted by Crippen LogP contribution is -2.32. The number of allylic oxidation sites excluding steroid dienone is 2. The molecule has 4 N–H and O–H groups in total. The van der Waals surface area contributed by atoms with Crippen molar-refractivity contribution in [1.29, 1.82) is 0 Å². The molecule has 144 valence electrons. The lowest BCUT2D eigenvalue weighted by molar-refractivity contribution is 0.194. The molecule has 0 heterocycles. The van der Waals surface area contributed by atoms with Gasteiger partial charge in [0.05, 0.1) is 23.7 Å². The fourth-order valence-corrected chi connectivity index (χ4v) is 3.24. The second-order valence-electron chi connectivity index (χ2n) is 5.06. The molecule has 0 aromatic rings. The van der Waals surface area contributed by atoms with E-state index in [-0.39, 0.29) is 13.2 Å². The zero-order valence-corrected chi connectivity index (χ0v) is 16.0. The first-order valence-corrected chi connectivity index (χ1v) is 10.5. The van der Waals surface area contributed by atoms with Crippen LogP contribution in [0.5, 0.6) is 0 Å². The van der Waals surface area contributed by atoms with E-state index in [1.165, 1.54) is 14.2 Å². The van der Waals surface area contributed by atoms with E-state index >= 15 is 0 Å². The van der Waals surface area contributed by atoms with Gasteiger partial charge in [-0.25, -0.2) is 27.1 Å². The minimum absolute atomic E-state index is 0.146. The number of hydrogen-bond acceptors (Lipinski definition) is 6. The normalized spacial score (nSPS) is 14.2. The molecular weight excluding hydrogens is 356 g/mol. The molecule has 0 fully saturated rings. The van der Waals surface area contributed by atoms with Crippen LogP contribution in [0.1, 0.15) is 25.7 Å². The third-order valence-electron chi connectivity index (χ3n) is 3.02. The average Bonchev–Trinajstić information content (AvgIpc) is 2.46. The molecule has 0 rings (SSSR count). The highest BCUT2D eigenvalue weighted by molar-refractivity contribution is 7.90. The summed E-state index contributed by atoms with van der Waals surface area (Å²) in [6.45, 7) is 7.29. The third kappa shape index (κ3) is 13.6. The average molecular weight is 387 g/mol. The van der Waals surface area contributed by atoms with Gasteiger partial charge in [-0.2, -0.15) is 0 Å². The number of rotatable bonds is 12. The predicted octanol–water partition coefficient (Wildman–Crippen LogP) is 0.512. The molecule has 24 heavy (non-hydrogen) atoms. The summed E-state index contributed by atoms with van der Waals surface area (Å²) < 4.78 is 53.0. The summed E-state index contributed by atoms with van der Waals surface area (Å²) in [4.78, 5) is 0. The van der Waals surface area contributed by atoms with Gasteiger partial charge in [-0.05, 0) is 25.7 Å². The summed E-state index contributed by atoms with van der Waals surface area (Å²) in [6.07, 6.45) is 5.52. The zero-order chi connectivity index (χ0) is 19.2. The summed E-state index contributed by atoms with van der Waals surface area (Å²) in [5, 5.41) is 8.71. The smallest absolute Gasteiger partial charge is 0.214 e. The molecule has 0 bridgehead atoms. The van der Waals surface area contributed by atoms with Crippen LogP contribution in [0.15, 0.2) is 25.3 Å². The van der Waals surface area contributed by atoms with Crippen LogP contribution in [0.4, 0.5) is 0 Å². The van der Waals surface area contributed by atoms with E-state index < -0.39 is 30.5 Å². The van der Waals surface area contributed by atoms with Crippen LogP contribution < -0.4 is 10.3 Å². The second kappa shape index (κ2) is 13.5. The monoisotopic (exact) mass is 386 g/mol.